The molecule has 5 aliphatic carbocycles. The quantitative estimate of drug-likeness (QED) is 0.320. The molecular formula is C34H50N2O. The van der Waals surface area contributed by atoms with Crippen molar-refractivity contribution < 1.29 is 4.74 Å². The molecule has 37 heavy (non-hydrogen) atoms. The summed E-state index contributed by atoms with van der Waals surface area (Å²) in [5.74, 6) is 3.86. The van der Waals surface area contributed by atoms with Crippen molar-refractivity contribution in [2.24, 2.45) is 39.9 Å². The van der Waals surface area contributed by atoms with Crippen LogP contribution in [-0.2, 0) is 4.74 Å². The lowest BCUT2D eigenvalue weighted by Gasteiger charge is -2.65. The summed E-state index contributed by atoms with van der Waals surface area (Å²) in [6.07, 6.45) is 18.7. The van der Waals surface area contributed by atoms with E-state index in [2.05, 4.69) is 62.4 Å². The number of ether oxygens (including phenoxy) is 1. The first kappa shape index (κ1) is 25.5. The van der Waals surface area contributed by atoms with Gasteiger partial charge in [0.25, 0.3) is 0 Å². The molecule has 0 aromatic heterocycles. The van der Waals surface area contributed by atoms with E-state index in [-0.39, 0.29) is 5.41 Å². The van der Waals surface area contributed by atoms with Gasteiger partial charge in [-0.15, -0.1) is 0 Å². The zero-order chi connectivity index (χ0) is 26.0. The molecule has 0 bridgehead atoms. The molecule has 3 nitrogen and oxygen atoms in total. The monoisotopic (exact) mass is 502 g/mol. The second-order valence-corrected chi connectivity index (χ2v) is 14.1. The molecule has 1 N–H and O–H groups in total. The minimum Gasteiger partial charge on any atom is -0.476 e. The fourth-order valence-electron chi connectivity index (χ4n) is 10.2. The molecule has 0 amide bonds. The van der Waals surface area contributed by atoms with E-state index < -0.39 is 0 Å². The number of allylic oxidation sites excluding steroid dienone is 6. The molecule has 3 heteroatoms. The summed E-state index contributed by atoms with van der Waals surface area (Å²) in [5.41, 5.74) is 5.29. The summed E-state index contributed by atoms with van der Waals surface area (Å²) >= 11 is 0. The van der Waals surface area contributed by atoms with Gasteiger partial charge in [-0.25, -0.2) is 0 Å². The van der Waals surface area contributed by atoms with E-state index in [9.17, 15) is 0 Å². The molecule has 0 aromatic carbocycles. The number of nitrogens with zero attached hydrogens (tertiary/aromatic N) is 1. The van der Waals surface area contributed by atoms with Crippen LogP contribution in [0.1, 0.15) is 78.6 Å². The van der Waals surface area contributed by atoms with E-state index in [1.807, 2.05) is 0 Å². The van der Waals surface area contributed by atoms with Crippen molar-refractivity contribution in [2.75, 3.05) is 26.2 Å². The van der Waals surface area contributed by atoms with Gasteiger partial charge in [0.1, 0.15) is 6.10 Å². The first-order valence-corrected chi connectivity index (χ1v) is 15.2. The van der Waals surface area contributed by atoms with Gasteiger partial charge in [0.2, 0.25) is 0 Å². The summed E-state index contributed by atoms with van der Waals surface area (Å²) in [6.45, 7) is 25.4. The molecule has 6 aliphatic rings. The van der Waals surface area contributed by atoms with E-state index in [0.29, 0.717) is 22.9 Å². The van der Waals surface area contributed by atoms with Gasteiger partial charge < -0.3 is 15.0 Å². The standard InChI is InChI=1S/C34H50N2O/c1-23-7-9-26(10-8-23)29-14-16-33(5)30-12-11-27-22-28(37-25(3)36-19-17-35-18-20-36)13-15-32(27,4)31(30)21-24(2)34(29,33)6/h7,9-10,27-31,35H,1-3,8,11-22H2,4-6H3/t27?,28?,29?,30?,31-,32?,33?,34?/m0/s1. The fourth-order valence-corrected chi connectivity index (χ4v) is 10.2. The van der Waals surface area contributed by atoms with Crippen LogP contribution < -0.4 is 5.32 Å². The van der Waals surface area contributed by atoms with Crippen LogP contribution in [0.15, 0.2) is 60.6 Å². The summed E-state index contributed by atoms with van der Waals surface area (Å²) in [4.78, 5) is 2.33. The van der Waals surface area contributed by atoms with Gasteiger partial charge in [0.05, 0.1) is 0 Å². The van der Waals surface area contributed by atoms with Crippen LogP contribution >= 0.6 is 0 Å². The third-order valence-electron chi connectivity index (χ3n) is 12.8. The zero-order valence-corrected chi connectivity index (χ0v) is 23.8. The number of hydrogen-bond donors (Lipinski definition) is 1. The maximum Gasteiger partial charge on any atom is 0.182 e. The molecule has 1 saturated heterocycles. The first-order valence-electron chi connectivity index (χ1n) is 15.2. The van der Waals surface area contributed by atoms with Crippen molar-refractivity contribution in [3.8, 4) is 0 Å². The van der Waals surface area contributed by atoms with Crippen molar-refractivity contribution in [3.05, 3.63) is 60.6 Å². The lowest BCUT2D eigenvalue weighted by atomic mass is 9.39. The predicted octanol–water partition coefficient (Wildman–Crippen LogP) is 7.41. The van der Waals surface area contributed by atoms with Gasteiger partial charge >= 0.3 is 0 Å². The molecule has 1 heterocycles. The van der Waals surface area contributed by atoms with Gasteiger partial charge in [-0.1, -0.05) is 63.3 Å². The van der Waals surface area contributed by atoms with Gasteiger partial charge in [0.15, 0.2) is 5.88 Å². The van der Waals surface area contributed by atoms with E-state index in [0.717, 1.165) is 56.2 Å². The second kappa shape index (κ2) is 9.18. The van der Waals surface area contributed by atoms with Gasteiger partial charge in [-0.05, 0) is 104 Å². The summed E-state index contributed by atoms with van der Waals surface area (Å²) in [7, 11) is 0. The fraction of sp³-hybridized carbons (Fsp3) is 0.706. The zero-order valence-electron chi connectivity index (χ0n) is 23.8. The number of hydrogen-bond acceptors (Lipinski definition) is 3. The number of nitrogens with one attached hydrogen (secondary N) is 1. The normalized spacial score (nSPS) is 45.5. The van der Waals surface area contributed by atoms with E-state index in [4.69, 9.17) is 11.3 Å². The molecular weight excluding hydrogens is 452 g/mol. The molecule has 1 aliphatic heterocycles. The average Bonchev–Trinajstić information content (AvgIpc) is 3.18. The molecule has 8 atom stereocenters. The van der Waals surface area contributed by atoms with E-state index >= 15 is 0 Å². The minimum absolute atomic E-state index is 0.202. The molecule has 0 aromatic rings. The van der Waals surface area contributed by atoms with Crippen molar-refractivity contribution in [1.82, 2.24) is 10.2 Å². The predicted molar refractivity (Wildman–Crippen MR) is 154 cm³/mol. The highest BCUT2D eigenvalue weighted by atomic mass is 16.5. The molecule has 0 spiro atoms. The average molecular weight is 503 g/mol. The van der Waals surface area contributed by atoms with Crippen LogP contribution in [0.3, 0.4) is 0 Å². The SMILES string of the molecule is C=C1C=CC(C2CCC3(C)C4CCC5CC(OC(=C)N6CCNCC6)CCC5(C)[C@H]4CC(=C)C23C)=CC1. The molecule has 6 rings (SSSR count). The smallest absolute Gasteiger partial charge is 0.182 e. The van der Waals surface area contributed by atoms with Crippen LogP contribution in [0, 0.1) is 39.9 Å². The molecule has 5 fully saturated rings. The van der Waals surface area contributed by atoms with Crippen molar-refractivity contribution in [3.63, 3.8) is 0 Å². The van der Waals surface area contributed by atoms with Crippen molar-refractivity contribution in [2.45, 2.75) is 84.7 Å². The highest BCUT2D eigenvalue weighted by molar-refractivity contribution is 5.41. The van der Waals surface area contributed by atoms with Crippen LogP contribution in [0.2, 0.25) is 0 Å². The topological polar surface area (TPSA) is 24.5 Å². The van der Waals surface area contributed by atoms with Gasteiger partial charge in [-0.3, -0.25) is 0 Å². The van der Waals surface area contributed by atoms with E-state index in [1.54, 1.807) is 11.1 Å². The molecule has 7 unspecified atom stereocenters. The maximum atomic E-state index is 6.54. The largest absolute Gasteiger partial charge is 0.476 e. The number of fused-ring (bicyclic) bond motifs is 5. The van der Waals surface area contributed by atoms with Crippen molar-refractivity contribution in [1.29, 1.82) is 0 Å². The number of piperazine rings is 1. The van der Waals surface area contributed by atoms with Crippen LogP contribution in [0.25, 0.3) is 0 Å². The molecule has 202 valence electrons. The summed E-state index contributed by atoms with van der Waals surface area (Å²) in [6, 6.07) is 0. The Balaban J connectivity index is 1.19. The van der Waals surface area contributed by atoms with E-state index in [1.165, 1.54) is 56.9 Å². The second-order valence-electron chi connectivity index (χ2n) is 14.1. The first-order chi connectivity index (χ1) is 17.7. The number of rotatable bonds is 4. The Morgan fingerprint density at radius 1 is 1.00 bits per heavy atom. The maximum absolute atomic E-state index is 6.54. The Morgan fingerprint density at radius 3 is 2.51 bits per heavy atom. The van der Waals surface area contributed by atoms with Gasteiger partial charge in [-0.2, -0.15) is 0 Å². The Hall–Kier alpha value is -1.74. The Kier molecular flexibility index (Phi) is 6.33. The third kappa shape index (κ3) is 3.85. The lowest BCUT2D eigenvalue weighted by molar-refractivity contribution is -0.143. The van der Waals surface area contributed by atoms with Crippen LogP contribution in [-0.4, -0.2) is 37.2 Å². The van der Waals surface area contributed by atoms with Gasteiger partial charge in [0, 0.05) is 31.6 Å². The van der Waals surface area contributed by atoms with Crippen molar-refractivity contribution >= 4 is 0 Å². The molecule has 4 saturated carbocycles. The summed E-state index contributed by atoms with van der Waals surface area (Å²) < 4.78 is 6.54. The highest BCUT2D eigenvalue weighted by Gasteiger charge is 2.67. The minimum atomic E-state index is 0.202. The Morgan fingerprint density at radius 2 is 1.78 bits per heavy atom. The van der Waals surface area contributed by atoms with Crippen LogP contribution in [0.4, 0.5) is 0 Å². The Labute approximate surface area is 226 Å². The summed E-state index contributed by atoms with van der Waals surface area (Å²) in [5, 5.41) is 3.43. The van der Waals surface area contributed by atoms with Crippen LogP contribution in [0.5, 0.6) is 0 Å². The highest BCUT2D eigenvalue weighted by Crippen LogP contribution is 2.74. The lowest BCUT2D eigenvalue weighted by Crippen LogP contribution is -2.58. The Bertz CT molecular complexity index is 1030. The molecule has 0 radical (unpaired) electrons. The third-order valence-corrected chi connectivity index (χ3v) is 12.8.